The number of methoxy groups -OCH3 is 1. The van der Waals surface area contributed by atoms with Gasteiger partial charge in [0.15, 0.2) is 5.58 Å². The van der Waals surface area contributed by atoms with Crippen LogP contribution in [-0.2, 0) is 11.2 Å². The molecule has 6 nitrogen and oxygen atoms in total. The maximum Gasteiger partial charge on any atom is 0.409 e. The first-order valence-corrected chi connectivity index (χ1v) is 6.53. The van der Waals surface area contributed by atoms with E-state index in [1.54, 1.807) is 12.0 Å². The monoisotopic (exact) mass is 276 g/mol. The summed E-state index contributed by atoms with van der Waals surface area (Å²) >= 11 is 0. The maximum absolute atomic E-state index is 11.4. The van der Waals surface area contributed by atoms with Gasteiger partial charge < -0.3 is 18.9 Å². The average molecular weight is 276 g/mol. The molecule has 0 aliphatic carbocycles. The fourth-order valence-electron chi connectivity index (χ4n) is 2.45. The molecule has 0 bridgehead atoms. The second kappa shape index (κ2) is 5.03. The Morgan fingerprint density at radius 2 is 2.30 bits per heavy atom. The van der Waals surface area contributed by atoms with Gasteiger partial charge in [-0.15, -0.1) is 0 Å². The molecule has 0 atom stereocenters. The Labute approximate surface area is 116 Å². The van der Waals surface area contributed by atoms with Crippen molar-refractivity contribution in [1.29, 1.82) is 0 Å². The predicted octanol–water partition coefficient (Wildman–Crippen LogP) is 2.14. The number of carbonyl (C=O) groups excluding carboxylic acids is 1. The summed E-state index contributed by atoms with van der Waals surface area (Å²) in [6.45, 7) is 3.77. The zero-order chi connectivity index (χ0) is 14.1. The molecule has 1 aliphatic heterocycles. The Balaban J connectivity index is 1.82. The minimum atomic E-state index is -0.231. The van der Waals surface area contributed by atoms with Crippen molar-refractivity contribution in [3.8, 4) is 5.88 Å². The summed E-state index contributed by atoms with van der Waals surface area (Å²) in [5.41, 5.74) is 2.87. The van der Waals surface area contributed by atoms with Crippen molar-refractivity contribution in [3.63, 3.8) is 0 Å². The summed E-state index contributed by atoms with van der Waals surface area (Å²) in [6, 6.07) is 4.05. The average Bonchev–Trinajstić information content (AvgIpc) is 3.02. The smallest absolute Gasteiger partial charge is 0.409 e. The van der Waals surface area contributed by atoms with E-state index in [-0.39, 0.29) is 6.09 Å². The third-order valence-corrected chi connectivity index (χ3v) is 3.49. The van der Waals surface area contributed by atoms with Gasteiger partial charge in [-0.2, -0.15) is 0 Å². The number of hydrogen-bond donors (Lipinski definition) is 0. The van der Waals surface area contributed by atoms with Crippen molar-refractivity contribution in [2.24, 2.45) is 0 Å². The van der Waals surface area contributed by atoms with Gasteiger partial charge in [0.25, 0.3) is 5.88 Å². The molecule has 1 aliphatic rings. The summed E-state index contributed by atoms with van der Waals surface area (Å²) in [7, 11) is 1.57. The molecule has 1 amide bonds. The Bertz CT molecular complexity index is 650. The van der Waals surface area contributed by atoms with Gasteiger partial charge in [-0.3, -0.25) is 0 Å². The number of benzene rings is 1. The van der Waals surface area contributed by atoms with E-state index in [2.05, 4.69) is 5.16 Å². The summed E-state index contributed by atoms with van der Waals surface area (Å²) in [5, 5.41) is 4.75. The molecule has 0 unspecified atom stereocenters. The summed E-state index contributed by atoms with van der Waals surface area (Å²) < 4.78 is 15.4. The molecule has 2 aromatic rings. The van der Waals surface area contributed by atoms with E-state index in [0.29, 0.717) is 25.6 Å². The topological polar surface area (TPSA) is 64.8 Å². The van der Waals surface area contributed by atoms with Crippen LogP contribution >= 0.6 is 0 Å². The fraction of sp³-hybridized carbons (Fsp3) is 0.429. The van der Waals surface area contributed by atoms with Crippen LogP contribution in [-0.4, -0.2) is 43.0 Å². The van der Waals surface area contributed by atoms with E-state index < -0.39 is 0 Å². The predicted molar refractivity (Wildman–Crippen MR) is 71.9 cm³/mol. The van der Waals surface area contributed by atoms with E-state index in [1.807, 2.05) is 19.1 Å². The zero-order valence-corrected chi connectivity index (χ0v) is 11.5. The zero-order valence-electron chi connectivity index (χ0n) is 11.5. The largest absolute Gasteiger partial charge is 0.478 e. The number of aromatic nitrogens is 1. The van der Waals surface area contributed by atoms with Crippen LogP contribution in [0.3, 0.4) is 0 Å². The van der Waals surface area contributed by atoms with Crippen LogP contribution in [0, 0.1) is 6.92 Å². The van der Waals surface area contributed by atoms with Gasteiger partial charge in [-0.05, 0) is 35.7 Å². The number of aryl methyl sites for hydroxylation is 1. The number of cyclic esters (lactones) is 1. The number of amides is 1. The quantitative estimate of drug-likeness (QED) is 0.856. The number of rotatable bonds is 4. The Kier molecular flexibility index (Phi) is 3.22. The molecule has 0 N–H and O–H groups in total. The highest BCUT2D eigenvalue weighted by atomic mass is 16.6. The molecular weight excluding hydrogens is 260 g/mol. The third-order valence-electron chi connectivity index (χ3n) is 3.49. The highest BCUT2D eigenvalue weighted by Gasteiger charge is 2.21. The van der Waals surface area contributed by atoms with E-state index >= 15 is 0 Å². The van der Waals surface area contributed by atoms with E-state index in [4.69, 9.17) is 14.0 Å². The van der Waals surface area contributed by atoms with Crippen LogP contribution < -0.4 is 4.74 Å². The standard InChI is InChI=1S/C14H16N2O4/c1-9-7-10(3-4-16-5-6-19-14(16)17)8-11-12(9)20-15-13(11)18-2/h7-8H,3-6H2,1-2H3. The van der Waals surface area contributed by atoms with Gasteiger partial charge in [0, 0.05) is 6.54 Å². The lowest BCUT2D eigenvalue weighted by molar-refractivity contribution is 0.159. The lowest BCUT2D eigenvalue weighted by atomic mass is 10.1. The minimum absolute atomic E-state index is 0.231. The first-order valence-electron chi connectivity index (χ1n) is 6.53. The summed E-state index contributed by atoms with van der Waals surface area (Å²) in [4.78, 5) is 13.1. The van der Waals surface area contributed by atoms with Crippen LogP contribution in [0.1, 0.15) is 11.1 Å². The highest BCUT2D eigenvalue weighted by Crippen LogP contribution is 2.28. The summed E-state index contributed by atoms with van der Waals surface area (Å²) in [5.74, 6) is 0.491. The van der Waals surface area contributed by atoms with Crippen LogP contribution in [0.25, 0.3) is 11.0 Å². The van der Waals surface area contributed by atoms with E-state index in [9.17, 15) is 4.79 Å². The van der Waals surface area contributed by atoms with Crippen molar-refractivity contribution in [3.05, 3.63) is 23.3 Å². The van der Waals surface area contributed by atoms with Gasteiger partial charge in [0.2, 0.25) is 0 Å². The normalized spacial score (nSPS) is 14.9. The molecular formula is C14H16N2O4. The van der Waals surface area contributed by atoms with Crippen LogP contribution in [0.15, 0.2) is 16.7 Å². The Hall–Kier alpha value is -2.24. The molecule has 1 aromatic carbocycles. The molecule has 3 rings (SSSR count). The molecule has 0 radical (unpaired) electrons. The molecule has 20 heavy (non-hydrogen) atoms. The molecule has 2 heterocycles. The fourth-order valence-corrected chi connectivity index (χ4v) is 2.45. The van der Waals surface area contributed by atoms with Gasteiger partial charge >= 0.3 is 6.09 Å². The van der Waals surface area contributed by atoms with Crippen LogP contribution in [0.4, 0.5) is 4.79 Å². The number of ether oxygens (including phenoxy) is 2. The van der Waals surface area contributed by atoms with Crippen molar-refractivity contribution in [2.75, 3.05) is 26.8 Å². The minimum Gasteiger partial charge on any atom is -0.478 e. The van der Waals surface area contributed by atoms with Crippen LogP contribution in [0.2, 0.25) is 0 Å². The van der Waals surface area contributed by atoms with Crippen molar-refractivity contribution in [2.45, 2.75) is 13.3 Å². The lowest BCUT2D eigenvalue weighted by Gasteiger charge is -2.12. The van der Waals surface area contributed by atoms with Crippen molar-refractivity contribution >= 4 is 17.1 Å². The molecule has 6 heteroatoms. The molecule has 0 spiro atoms. The second-order valence-electron chi connectivity index (χ2n) is 4.83. The number of fused-ring (bicyclic) bond motifs is 1. The number of hydrogen-bond acceptors (Lipinski definition) is 5. The third kappa shape index (κ3) is 2.17. The molecule has 106 valence electrons. The van der Waals surface area contributed by atoms with Gasteiger partial charge in [-0.1, -0.05) is 6.07 Å². The maximum atomic E-state index is 11.4. The van der Waals surface area contributed by atoms with E-state index in [0.717, 1.165) is 28.5 Å². The van der Waals surface area contributed by atoms with Crippen LogP contribution in [0.5, 0.6) is 5.88 Å². The van der Waals surface area contributed by atoms with Crippen molar-refractivity contribution in [1.82, 2.24) is 10.1 Å². The Morgan fingerprint density at radius 1 is 1.45 bits per heavy atom. The van der Waals surface area contributed by atoms with Crippen molar-refractivity contribution < 1.29 is 18.8 Å². The first kappa shape index (κ1) is 12.8. The lowest BCUT2D eigenvalue weighted by Crippen LogP contribution is -2.26. The Morgan fingerprint density at radius 3 is 3.00 bits per heavy atom. The molecule has 1 aromatic heterocycles. The first-order chi connectivity index (χ1) is 9.69. The number of carbonyl (C=O) groups is 1. The van der Waals surface area contributed by atoms with Gasteiger partial charge in [-0.25, -0.2) is 4.79 Å². The summed E-state index contributed by atoms with van der Waals surface area (Å²) in [6.07, 6.45) is 0.533. The second-order valence-corrected chi connectivity index (χ2v) is 4.83. The highest BCUT2D eigenvalue weighted by molar-refractivity contribution is 5.85. The molecule has 0 saturated carbocycles. The van der Waals surface area contributed by atoms with Gasteiger partial charge in [0.1, 0.15) is 6.61 Å². The molecule has 1 fully saturated rings. The van der Waals surface area contributed by atoms with E-state index in [1.165, 1.54) is 0 Å². The SMILES string of the molecule is COc1noc2c(C)cc(CCN3CCOC3=O)cc12. The molecule has 1 saturated heterocycles. The number of nitrogens with zero attached hydrogens (tertiary/aromatic N) is 2. The van der Waals surface area contributed by atoms with Gasteiger partial charge in [0.05, 0.1) is 19.0 Å².